The smallest absolute Gasteiger partial charge is 0.255 e. The second-order valence-corrected chi connectivity index (χ2v) is 4.08. The average Bonchev–Trinajstić information content (AvgIpc) is 2.79. The summed E-state index contributed by atoms with van der Waals surface area (Å²) in [5.74, 6) is -0.283. The Morgan fingerprint density at radius 3 is 3.11 bits per heavy atom. The van der Waals surface area contributed by atoms with Crippen LogP contribution in [0.25, 0.3) is 5.52 Å². The van der Waals surface area contributed by atoms with E-state index in [4.69, 9.17) is 5.73 Å². The van der Waals surface area contributed by atoms with Crippen molar-refractivity contribution in [2.24, 2.45) is 5.73 Å². The number of nitrogens with one attached hydrogen (secondary N) is 1. The highest BCUT2D eigenvalue weighted by Gasteiger charge is 2.15. The Labute approximate surface area is 104 Å². The standard InChI is InChI=1S/C11H15N5O2/c1-7(17)9(12)5-14-11(18)8-4-15-16-3-2-13-6-10(8)16/h2-4,6-7,9,17H,5,12H2,1H3,(H,14,18). The fourth-order valence-corrected chi connectivity index (χ4v) is 1.49. The molecule has 0 aliphatic rings. The predicted octanol–water partition coefficient (Wildman–Crippen LogP) is -0.833. The van der Waals surface area contributed by atoms with Gasteiger partial charge < -0.3 is 16.2 Å². The molecule has 1 amide bonds. The Morgan fingerprint density at radius 2 is 2.39 bits per heavy atom. The lowest BCUT2D eigenvalue weighted by molar-refractivity contribution is 0.0939. The lowest BCUT2D eigenvalue weighted by Gasteiger charge is -2.14. The Hall–Kier alpha value is -1.99. The van der Waals surface area contributed by atoms with E-state index in [2.05, 4.69) is 15.4 Å². The van der Waals surface area contributed by atoms with Crippen molar-refractivity contribution in [1.29, 1.82) is 0 Å². The number of aromatic nitrogens is 3. The third kappa shape index (κ3) is 2.47. The van der Waals surface area contributed by atoms with Gasteiger partial charge in [-0.1, -0.05) is 0 Å². The minimum absolute atomic E-state index is 0.202. The number of amides is 1. The van der Waals surface area contributed by atoms with Crippen molar-refractivity contribution < 1.29 is 9.90 Å². The molecule has 7 nitrogen and oxygen atoms in total. The molecule has 0 radical (unpaired) electrons. The van der Waals surface area contributed by atoms with Crippen LogP contribution in [0.5, 0.6) is 0 Å². The van der Waals surface area contributed by atoms with Crippen LogP contribution in [0.2, 0.25) is 0 Å². The minimum Gasteiger partial charge on any atom is -0.392 e. The molecule has 2 unspecified atom stereocenters. The predicted molar refractivity (Wildman–Crippen MR) is 65.0 cm³/mol. The summed E-state index contributed by atoms with van der Waals surface area (Å²) in [7, 11) is 0. The summed E-state index contributed by atoms with van der Waals surface area (Å²) < 4.78 is 1.57. The summed E-state index contributed by atoms with van der Waals surface area (Å²) in [5, 5.41) is 15.9. The van der Waals surface area contributed by atoms with Crippen LogP contribution in [0.1, 0.15) is 17.3 Å². The van der Waals surface area contributed by atoms with Gasteiger partial charge in [0.1, 0.15) is 0 Å². The van der Waals surface area contributed by atoms with Gasteiger partial charge in [-0.15, -0.1) is 0 Å². The second-order valence-electron chi connectivity index (χ2n) is 4.08. The molecule has 2 rings (SSSR count). The minimum atomic E-state index is -0.670. The van der Waals surface area contributed by atoms with Gasteiger partial charge in [0.05, 0.1) is 29.6 Å². The van der Waals surface area contributed by atoms with E-state index in [1.165, 1.54) is 6.20 Å². The number of rotatable bonds is 4. The number of nitrogens with zero attached hydrogens (tertiary/aromatic N) is 3. The molecule has 96 valence electrons. The van der Waals surface area contributed by atoms with E-state index in [1.807, 2.05) is 0 Å². The molecular weight excluding hydrogens is 234 g/mol. The number of carbonyl (C=O) groups excluding carboxylic acids is 1. The number of aliphatic hydroxyl groups excluding tert-OH is 1. The molecular formula is C11H15N5O2. The van der Waals surface area contributed by atoms with Crippen molar-refractivity contribution in [3.05, 3.63) is 30.4 Å². The summed E-state index contributed by atoms with van der Waals surface area (Å²) in [5.41, 5.74) is 6.69. The molecule has 18 heavy (non-hydrogen) atoms. The van der Waals surface area contributed by atoms with Gasteiger partial charge in [-0.3, -0.25) is 9.78 Å². The van der Waals surface area contributed by atoms with Crippen molar-refractivity contribution in [2.75, 3.05) is 6.54 Å². The molecule has 0 aromatic carbocycles. The molecule has 7 heteroatoms. The van der Waals surface area contributed by atoms with E-state index >= 15 is 0 Å². The van der Waals surface area contributed by atoms with Crippen LogP contribution in [-0.2, 0) is 0 Å². The van der Waals surface area contributed by atoms with Gasteiger partial charge in [0.2, 0.25) is 0 Å². The number of carbonyl (C=O) groups is 1. The lowest BCUT2D eigenvalue weighted by Crippen LogP contribution is -2.43. The maximum Gasteiger partial charge on any atom is 0.255 e. The van der Waals surface area contributed by atoms with Gasteiger partial charge in [0.15, 0.2) is 0 Å². The highest BCUT2D eigenvalue weighted by atomic mass is 16.3. The van der Waals surface area contributed by atoms with E-state index in [0.717, 1.165) is 0 Å². The van der Waals surface area contributed by atoms with E-state index < -0.39 is 12.1 Å². The molecule has 0 spiro atoms. The van der Waals surface area contributed by atoms with Crippen LogP contribution in [0, 0.1) is 0 Å². The monoisotopic (exact) mass is 249 g/mol. The zero-order valence-electron chi connectivity index (χ0n) is 9.95. The van der Waals surface area contributed by atoms with E-state index in [1.54, 1.807) is 30.0 Å². The van der Waals surface area contributed by atoms with Gasteiger partial charge in [0, 0.05) is 25.0 Å². The molecule has 4 N–H and O–H groups in total. The largest absolute Gasteiger partial charge is 0.392 e. The molecule has 0 bridgehead atoms. The number of nitrogens with two attached hydrogens (primary N) is 1. The van der Waals surface area contributed by atoms with Crippen LogP contribution in [0.15, 0.2) is 24.8 Å². The fraction of sp³-hybridized carbons (Fsp3) is 0.364. The lowest BCUT2D eigenvalue weighted by atomic mass is 10.2. The molecule has 0 saturated carbocycles. The van der Waals surface area contributed by atoms with E-state index in [0.29, 0.717) is 11.1 Å². The normalized spacial score (nSPS) is 14.4. The molecule has 2 aromatic rings. The highest BCUT2D eigenvalue weighted by molar-refractivity contribution is 6.00. The molecule has 0 saturated heterocycles. The topological polar surface area (TPSA) is 106 Å². The van der Waals surface area contributed by atoms with Crippen LogP contribution >= 0.6 is 0 Å². The summed E-state index contributed by atoms with van der Waals surface area (Å²) in [6, 6.07) is -0.492. The van der Waals surface area contributed by atoms with Crippen LogP contribution in [0.3, 0.4) is 0 Å². The van der Waals surface area contributed by atoms with Crippen LogP contribution < -0.4 is 11.1 Å². The Morgan fingerprint density at radius 1 is 1.61 bits per heavy atom. The maximum atomic E-state index is 11.9. The molecule has 0 aliphatic heterocycles. The van der Waals surface area contributed by atoms with E-state index in [9.17, 15) is 9.90 Å². The van der Waals surface area contributed by atoms with Crippen molar-refractivity contribution in [1.82, 2.24) is 19.9 Å². The van der Waals surface area contributed by atoms with Gasteiger partial charge in [0.25, 0.3) is 5.91 Å². The maximum absolute atomic E-state index is 11.9. The number of hydrogen-bond acceptors (Lipinski definition) is 5. The molecule has 2 heterocycles. The number of hydrogen-bond donors (Lipinski definition) is 3. The SMILES string of the molecule is CC(O)C(N)CNC(=O)c1cnn2ccncc12. The summed E-state index contributed by atoms with van der Waals surface area (Å²) in [4.78, 5) is 15.9. The second kappa shape index (κ2) is 5.11. The van der Waals surface area contributed by atoms with Crippen LogP contribution in [-0.4, -0.2) is 44.3 Å². The zero-order valence-corrected chi connectivity index (χ0v) is 9.95. The fourth-order valence-electron chi connectivity index (χ4n) is 1.49. The first-order chi connectivity index (χ1) is 8.59. The summed E-state index contributed by atoms with van der Waals surface area (Å²) >= 11 is 0. The first kappa shape index (κ1) is 12.5. The Kier molecular flexibility index (Phi) is 3.54. The quantitative estimate of drug-likeness (QED) is 0.655. The molecule has 0 fully saturated rings. The Balaban J connectivity index is 2.10. The zero-order chi connectivity index (χ0) is 13.1. The molecule has 2 aromatic heterocycles. The van der Waals surface area contributed by atoms with Gasteiger partial charge in [-0.25, -0.2) is 4.52 Å². The van der Waals surface area contributed by atoms with Crippen LogP contribution in [0.4, 0.5) is 0 Å². The summed E-state index contributed by atoms with van der Waals surface area (Å²) in [6.45, 7) is 1.78. The number of fused-ring (bicyclic) bond motifs is 1. The van der Waals surface area contributed by atoms with Crippen molar-refractivity contribution in [2.45, 2.75) is 19.1 Å². The summed E-state index contributed by atoms with van der Waals surface area (Å²) in [6.07, 6.45) is 5.62. The first-order valence-electron chi connectivity index (χ1n) is 5.59. The first-order valence-corrected chi connectivity index (χ1v) is 5.59. The number of aliphatic hydroxyl groups is 1. The molecule has 2 atom stereocenters. The van der Waals surface area contributed by atoms with Crippen molar-refractivity contribution >= 4 is 11.4 Å². The third-order valence-electron chi connectivity index (χ3n) is 2.69. The van der Waals surface area contributed by atoms with Gasteiger partial charge >= 0.3 is 0 Å². The van der Waals surface area contributed by atoms with Crippen molar-refractivity contribution in [3.63, 3.8) is 0 Å². The van der Waals surface area contributed by atoms with E-state index in [-0.39, 0.29) is 12.5 Å². The van der Waals surface area contributed by atoms with Gasteiger partial charge in [-0.2, -0.15) is 5.10 Å². The van der Waals surface area contributed by atoms with Gasteiger partial charge in [-0.05, 0) is 6.92 Å². The average molecular weight is 249 g/mol. The third-order valence-corrected chi connectivity index (χ3v) is 2.69. The molecule has 0 aliphatic carbocycles. The highest BCUT2D eigenvalue weighted by Crippen LogP contribution is 2.08. The van der Waals surface area contributed by atoms with Crippen molar-refractivity contribution in [3.8, 4) is 0 Å². The Bertz CT molecular complexity index is 551.